The number of halogens is 1. The van der Waals surface area contributed by atoms with Gasteiger partial charge in [0.05, 0.1) is 5.02 Å². The second-order valence-corrected chi connectivity index (χ2v) is 6.41. The quantitative estimate of drug-likeness (QED) is 0.813. The van der Waals surface area contributed by atoms with Gasteiger partial charge < -0.3 is 15.4 Å². The third kappa shape index (κ3) is 7.34. The smallest absolute Gasteiger partial charge is 0.257 e. The number of ether oxygens (including phenoxy) is 1. The molecule has 0 heterocycles. The maximum atomic E-state index is 11.5. The van der Waals surface area contributed by atoms with Crippen molar-refractivity contribution in [2.75, 3.05) is 13.2 Å². The van der Waals surface area contributed by atoms with E-state index in [2.05, 4.69) is 31.4 Å². The molecule has 0 aliphatic carbocycles. The first-order chi connectivity index (χ1) is 9.81. The van der Waals surface area contributed by atoms with E-state index in [9.17, 15) is 4.79 Å². The summed E-state index contributed by atoms with van der Waals surface area (Å²) in [7, 11) is 0. The van der Waals surface area contributed by atoms with E-state index in [1.807, 2.05) is 19.1 Å². The summed E-state index contributed by atoms with van der Waals surface area (Å²) < 4.78 is 5.43. The molecule has 0 aliphatic heterocycles. The second kappa shape index (κ2) is 8.25. The average Bonchev–Trinajstić information content (AvgIpc) is 2.41. The van der Waals surface area contributed by atoms with Crippen LogP contribution in [0.4, 0.5) is 0 Å². The topological polar surface area (TPSA) is 50.4 Å². The van der Waals surface area contributed by atoms with Crippen LogP contribution in [0.25, 0.3) is 0 Å². The largest absolute Gasteiger partial charge is 0.482 e. The Morgan fingerprint density at radius 3 is 2.62 bits per heavy atom. The van der Waals surface area contributed by atoms with E-state index in [1.165, 1.54) is 0 Å². The Morgan fingerprint density at radius 2 is 2.05 bits per heavy atom. The summed E-state index contributed by atoms with van der Waals surface area (Å²) in [6.07, 6.45) is 0.905. The maximum absolute atomic E-state index is 11.5. The van der Waals surface area contributed by atoms with Crippen LogP contribution < -0.4 is 15.4 Å². The molecule has 0 atom stereocenters. The van der Waals surface area contributed by atoms with Gasteiger partial charge in [0.1, 0.15) is 5.75 Å². The monoisotopic (exact) mass is 312 g/mol. The summed E-state index contributed by atoms with van der Waals surface area (Å²) in [6.45, 7) is 9.72. The van der Waals surface area contributed by atoms with E-state index in [-0.39, 0.29) is 18.1 Å². The Labute approximate surface area is 132 Å². The van der Waals surface area contributed by atoms with Gasteiger partial charge in [0.2, 0.25) is 0 Å². The minimum Gasteiger partial charge on any atom is -0.482 e. The van der Waals surface area contributed by atoms with Crippen LogP contribution in [-0.2, 0) is 11.3 Å². The van der Waals surface area contributed by atoms with E-state index in [0.29, 0.717) is 17.3 Å². The summed E-state index contributed by atoms with van der Waals surface area (Å²) in [6, 6.07) is 5.61. The van der Waals surface area contributed by atoms with Crippen molar-refractivity contribution in [2.24, 2.45) is 0 Å². The Bertz CT molecular complexity index is 470. The van der Waals surface area contributed by atoms with Gasteiger partial charge in [-0.3, -0.25) is 4.79 Å². The lowest BCUT2D eigenvalue weighted by Crippen LogP contribution is -2.35. The summed E-state index contributed by atoms with van der Waals surface area (Å²) in [5, 5.41) is 6.67. The number of nitrogens with one attached hydrogen (secondary N) is 2. The van der Waals surface area contributed by atoms with Crippen molar-refractivity contribution in [3.63, 3.8) is 0 Å². The van der Waals surface area contributed by atoms with E-state index < -0.39 is 0 Å². The Morgan fingerprint density at radius 1 is 1.33 bits per heavy atom. The first-order valence-corrected chi connectivity index (χ1v) is 7.62. The molecule has 1 amide bonds. The molecule has 0 aliphatic rings. The molecule has 0 fully saturated rings. The van der Waals surface area contributed by atoms with Crippen molar-refractivity contribution in [1.29, 1.82) is 0 Å². The van der Waals surface area contributed by atoms with Crippen LogP contribution in [0.15, 0.2) is 18.2 Å². The fraction of sp³-hybridized carbons (Fsp3) is 0.562. The van der Waals surface area contributed by atoms with Gasteiger partial charge in [-0.1, -0.05) is 24.6 Å². The van der Waals surface area contributed by atoms with Gasteiger partial charge in [0.15, 0.2) is 6.61 Å². The van der Waals surface area contributed by atoms with Gasteiger partial charge in [-0.25, -0.2) is 0 Å². The lowest BCUT2D eigenvalue weighted by molar-refractivity contribution is -0.123. The highest BCUT2D eigenvalue weighted by molar-refractivity contribution is 6.32. The predicted octanol–water partition coefficient (Wildman–Crippen LogP) is 3.13. The van der Waals surface area contributed by atoms with Gasteiger partial charge in [-0.2, -0.15) is 0 Å². The first kappa shape index (κ1) is 17.8. The van der Waals surface area contributed by atoms with Gasteiger partial charge >= 0.3 is 0 Å². The zero-order valence-electron chi connectivity index (χ0n) is 13.3. The molecule has 0 unspecified atom stereocenters. The molecule has 118 valence electrons. The molecule has 1 rings (SSSR count). The second-order valence-electron chi connectivity index (χ2n) is 6.01. The summed E-state index contributed by atoms with van der Waals surface area (Å²) in [5.74, 6) is 0.397. The molecule has 0 spiro atoms. The van der Waals surface area contributed by atoms with E-state index in [1.54, 1.807) is 6.07 Å². The predicted molar refractivity (Wildman–Crippen MR) is 86.8 cm³/mol. The van der Waals surface area contributed by atoms with E-state index in [4.69, 9.17) is 16.3 Å². The van der Waals surface area contributed by atoms with Crippen LogP contribution in [0.5, 0.6) is 5.75 Å². The number of carbonyl (C=O) groups is 1. The minimum atomic E-state index is -0.133. The lowest BCUT2D eigenvalue weighted by atomic mass is 10.1. The molecule has 0 bridgehead atoms. The molecule has 0 radical (unpaired) electrons. The molecule has 2 N–H and O–H groups in total. The Hall–Kier alpha value is -1.26. The zero-order valence-corrected chi connectivity index (χ0v) is 14.0. The number of carbonyl (C=O) groups excluding carboxylic acids is 1. The van der Waals surface area contributed by atoms with Gasteiger partial charge in [0, 0.05) is 18.6 Å². The van der Waals surface area contributed by atoms with Crippen molar-refractivity contribution in [3.8, 4) is 5.75 Å². The van der Waals surface area contributed by atoms with Crippen molar-refractivity contribution in [3.05, 3.63) is 28.8 Å². The molecule has 1 aromatic carbocycles. The fourth-order valence-corrected chi connectivity index (χ4v) is 1.86. The average molecular weight is 313 g/mol. The Balaban J connectivity index is 2.52. The number of hydrogen-bond donors (Lipinski definition) is 2. The van der Waals surface area contributed by atoms with Crippen LogP contribution in [0, 0.1) is 0 Å². The Kier molecular flexibility index (Phi) is 6.99. The molecule has 1 aromatic rings. The van der Waals surface area contributed by atoms with Crippen LogP contribution in [0.1, 0.15) is 39.7 Å². The van der Waals surface area contributed by atoms with Crippen molar-refractivity contribution < 1.29 is 9.53 Å². The molecule has 0 saturated carbocycles. The third-order valence-electron chi connectivity index (χ3n) is 2.75. The van der Waals surface area contributed by atoms with E-state index >= 15 is 0 Å². The number of benzene rings is 1. The molecular weight excluding hydrogens is 288 g/mol. The summed E-state index contributed by atoms with van der Waals surface area (Å²) in [4.78, 5) is 11.5. The van der Waals surface area contributed by atoms with Gasteiger partial charge in [0.25, 0.3) is 5.91 Å². The van der Waals surface area contributed by atoms with Gasteiger partial charge in [-0.15, -0.1) is 0 Å². The van der Waals surface area contributed by atoms with Crippen molar-refractivity contribution >= 4 is 17.5 Å². The van der Waals surface area contributed by atoms with Crippen LogP contribution in [0.2, 0.25) is 5.02 Å². The third-order valence-corrected chi connectivity index (χ3v) is 3.05. The van der Waals surface area contributed by atoms with Crippen LogP contribution in [0.3, 0.4) is 0 Å². The highest BCUT2D eigenvalue weighted by Crippen LogP contribution is 2.25. The molecular formula is C16H25ClN2O2. The SMILES string of the molecule is CCCNC(=O)COc1ccc(CNC(C)(C)C)cc1Cl. The van der Waals surface area contributed by atoms with Crippen LogP contribution >= 0.6 is 11.6 Å². The number of rotatable bonds is 7. The summed E-state index contributed by atoms with van der Waals surface area (Å²) in [5.41, 5.74) is 1.14. The molecule has 0 saturated heterocycles. The molecule has 4 nitrogen and oxygen atoms in total. The normalized spacial score (nSPS) is 11.3. The van der Waals surface area contributed by atoms with Crippen molar-refractivity contribution in [2.45, 2.75) is 46.2 Å². The molecule has 5 heteroatoms. The standard InChI is InChI=1S/C16H25ClN2O2/c1-5-8-18-15(20)11-21-14-7-6-12(9-13(14)17)10-19-16(2,3)4/h6-7,9,19H,5,8,10-11H2,1-4H3,(H,18,20). The molecule has 21 heavy (non-hydrogen) atoms. The maximum Gasteiger partial charge on any atom is 0.257 e. The minimum absolute atomic E-state index is 0.0146. The number of amides is 1. The zero-order chi connectivity index (χ0) is 15.9. The fourth-order valence-electron chi connectivity index (χ4n) is 1.60. The van der Waals surface area contributed by atoms with Crippen LogP contribution in [-0.4, -0.2) is 24.6 Å². The summed E-state index contributed by atoms with van der Waals surface area (Å²) >= 11 is 6.18. The number of hydrogen-bond acceptors (Lipinski definition) is 3. The molecule has 0 aromatic heterocycles. The highest BCUT2D eigenvalue weighted by atomic mass is 35.5. The van der Waals surface area contributed by atoms with E-state index in [0.717, 1.165) is 18.5 Å². The highest BCUT2D eigenvalue weighted by Gasteiger charge is 2.10. The first-order valence-electron chi connectivity index (χ1n) is 7.25. The van der Waals surface area contributed by atoms with Gasteiger partial charge in [-0.05, 0) is 44.9 Å². The lowest BCUT2D eigenvalue weighted by Gasteiger charge is -2.20. The van der Waals surface area contributed by atoms with Crippen molar-refractivity contribution in [1.82, 2.24) is 10.6 Å².